The van der Waals surface area contributed by atoms with E-state index < -0.39 is 5.91 Å². The van der Waals surface area contributed by atoms with Crippen molar-refractivity contribution in [2.45, 2.75) is 51.4 Å². The van der Waals surface area contributed by atoms with Crippen LogP contribution in [0.4, 0.5) is 0 Å². The second-order valence-corrected chi connectivity index (χ2v) is 6.81. The third-order valence-corrected chi connectivity index (χ3v) is 4.98. The Morgan fingerprint density at radius 2 is 1.59 bits per heavy atom. The van der Waals surface area contributed by atoms with Gasteiger partial charge in [0, 0.05) is 12.0 Å². The minimum absolute atomic E-state index is 0.188. The van der Waals surface area contributed by atoms with Crippen LogP contribution in [0.25, 0.3) is 0 Å². The van der Waals surface area contributed by atoms with Crippen LogP contribution in [0.5, 0.6) is 17.2 Å². The fourth-order valence-electron chi connectivity index (χ4n) is 3.50. The summed E-state index contributed by atoms with van der Waals surface area (Å²) in [6.45, 7) is 0. The quantitative estimate of drug-likeness (QED) is 0.679. The van der Waals surface area contributed by atoms with Crippen LogP contribution in [0.3, 0.4) is 0 Å². The van der Waals surface area contributed by atoms with Crippen molar-refractivity contribution >= 4 is 11.8 Å². The third kappa shape index (κ3) is 6.05. The molecule has 0 aliphatic heterocycles. The lowest BCUT2D eigenvalue weighted by molar-refractivity contribution is -0.122. The minimum atomic E-state index is -0.449. The zero-order valence-electron chi connectivity index (χ0n) is 16.4. The van der Waals surface area contributed by atoms with Gasteiger partial charge in [0.1, 0.15) is 0 Å². The molecule has 0 heterocycles. The van der Waals surface area contributed by atoms with Gasteiger partial charge in [0.2, 0.25) is 11.7 Å². The number of amides is 2. The molecule has 7 heteroatoms. The summed E-state index contributed by atoms with van der Waals surface area (Å²) >= 11 is 0. The van der Waals surface area contributed by atoms with Crippen molar-refractivity contribution in [2.24, 2.45) is 5.92 Å². The highest BCUT2D eigenvalue weighted by molar-refractivity contribution is 5.96. The first kappa shape index (κ1) is 20.9. The topological polar surface area (TPSA) is 85.9 Å². The molecule has 1 aromatic rings. The second kappa shape index (κ2) is 10.6. The average molecular weight is 378 g/mol. The highest BCUT2D eigenvalue weighted by Crippen LogP contribution is 2.38. The van der Waals surface area contributed by atoms with Crippen molar-refractivity contribution in [3.63, 3.8) is 0 Å². The molecular weight excluding hydrogens is 348 g/mol. The molecule has 0 unspecified atom stereocenters. The molecule has 0 radical (unpaired) electrons. The maximum absolute atomic E-state index is 12.3. The van der Waals surface area contributed by atoms with Gasteiger partial charge in [0.25, 0.3) is 5.91 Å². The highest BCUT2D eigenvalue weighted by Gasteiger charge is 2.18. The molecule has 1 aliphatic rings. The van der Waals surface area contributed by atoms with Gasteiger partial charge in [0.05, 0.1) is 21.3 Å². The Morgan fingerprint density at radius 3 is 2.15 bits per heavy atom. The fourth-order valence-corrected chi connectivity index (χ4v) is 3.50. The predicted molar refractivity (Wildman–Crippen MR) is 102 cm³/mol. The van der Waals surface area contributed by atoms with E-state index in [-0.39, 0.29) is 5.91 Å². The summed E-state index contributed by atoms with van der Waals surface area (Å²) in [5.74, 6) is 1.27. The number of hydrazine groups is 1. The Morgan fingerprint density at radius 1 is 0.963 bits per heavy atom. The molecule has 0 saturated heterocycles. The number of carbonyl (C=O) groups is 2. The minimum Gasteiger partial charge on any atom is -0.493 e. The Hall–Kier alpha value is -2.44. The zero-order valence-corrected chi connectivity index (χ0v) is 16.4. The van der Waals surface area contributed by atoms with Gasteiger partial charge in [-0.25, -0.2) is 0 Å². The van der Waals surface area contributed by atoms with Crippen LogP contribution >= 0.6 is 0 Å². The Labute approximate surface area is 160 Å². The number of ether oxygens (including phenoxy) is 3. The van der Waals surface area contributed by atoms with Gasteiger partial charge in [-0.05, 0) is 30.9 Å². The van der Waals surface area contributed by atoms with Gasteiger partial charge in [-0.3, -0.25) is 20.4 Å². The monoisotopic (exact) mass is 378 g/mol. The SMILES string of the molecule is COc1cc(C(=O)NNC(=O)CCCC2CCCCC2)cc(OC)c1OC. The zero-order chi connectivity index (χ0) is 19.6. The molecule has 0 aromatic heterocycles. The molecule has 1 saturated carbocycles. The first-order valence-corrected chi connectivity index (χ1v) is 9.48. The molecule has 2 N–H and O–H groups in total. The van der Waals surface area contributed by atoms with Gasteiger partial charge >= 0.3 is 0 Å². The summed E-state index contributed by atoms with van der Waals surface area (Å²) in [6, 6.07) is 3.07. The molecule has 0 bridgehead atoms. The van der Waals surface area contributed by atoms with E-state index in [1.54, 1.807) is 0 Å². The number of carbonyl (C=O) groups excluding carboxylic acids is 2. The molecule has 1 aromatic carbocycles. The van der Waals surface area contributed by atoms with Crippen LogP contribution in [-0.2, 0) is 4.79 Å². The first-order chi connectivity index (χ1) is 13.1. The number of benzene rings is 1. The standard InChI is InChI=1S/C20H30N2O5/c1-25-16-12-15(13-17(26-2)19(16)27-3)20(24)22-21-18(23)11-7-10-14-8-5-4-6-9-14/h12-14H,4-11H2,1-3H3,(H,21,23)(H,22,24). The molecule has 1 aliphatic carbocycles. The lowest BCUT2D eigenvalue weighted by atomic mass is 9.86. The lowest BCUT2D eigenvalue weighted by Gasteiger charge is -2.21. The second-order valence-electron chi connectivity index (χ2n) is 6.81. The van der Waals surface area contributed by atoms with E-state index in [0.717, 1.165) is 18.8 Å². The Balaban J connectivity index is 1.83. The van der Waals surface area contributed by atoms with E-state index in [9.17, 15) is 9.59 Å². The summed E-state index contributed by atoms with van der Waals surface area (Å²) in [6.07, 6.45) is 8.84. The van der Waals surface area contributed by atoms with Crippen LogP contribution in [0.2, 0.25) is 0 Å². The fraction of sp³-hybridized carbons (Fsp3) is 0.600. The molecule has 0 atom stereocenters. The molecule has 2 amide bonds. The molecule has 0 spiro atoms. The molecule has 2 rings (SSSR count). The van der Waals surface area contributed by atoms with Gasteiger partial charge in [-0.15, -0.1) is 0 Å². The number of hydrogen-bond donors (Lipinski definition) is 2. The van der Waals surface area contributed by atoms with Crippen LogP contribution in [0.15, 0.2) is 12.1 Å². The maximum Gasteiger partial charge on any atom is 0.269 e. The lowest BCUT2D eigenvalue weighted by Crippen LogP contribution is -2.41. The van der Waals surface area contributed by atoms with Crippen LogP contribution in [0, 0.1) is 5.92 Å². The van der Waals surface area contributed by atoms with Gasteiger partial charge in [0.15, 0.2) is 11.5 Å². The van der Waals surface area contributed by atoms with Crippen molar-refractivity contribution in [3.8, 4) is 17.2 Å². The third-order valence-electron chi connectivity index (χ3n) is 4.98. The van der Waals surface area contributed by atoms with Gasteiger partial charge in [-0.2, -0.15) is 0 Å². The van der Waals surface area contributed by atoms with Crippen molar-refractivity contribution in [1.82, 2.24) is 10.9 Å². The largest absolute Gasteiger partial charge is 0.493 e. The Bertz CT molecular complexity index is 616. The van der Waals surface area contributed by atoms with E-state index in [1.807, 2.05) is 0 Å². The first-order valence-electron chi connectivity index (χ1n) is 9.48. The summed E-state index contributed by atoms with van der Waals surface area (Å²) in [7, 11) is 4.45. The average Bonchev–Trinajstić information content (AvgIpc) is 2.71. The molecular formula is C20H30N2O5. The van der Waals surface area contributed by atoms with Crippen LogP contribution in [-0.4, -0.2) is 33.1 Å². The van der Waals surface area contributed by atoms with E-state index in [0.29, 0.717) is 29.2 Å². The molecule has 150 valence electrons. The molecule has 7 nitrogen and oxygen atoms in total. The van der Waals surface area contributed by atoms with Crippen molar-refractivity contribution in [2.75, 3.05) is 21.3 Å². The van der Waals surface area contributed by atoms with Crippen molar-refractivity contribution < 1.29 is 23.8 Å². The van der Waals surface area contributed by atoms with E-state index in [2.05, 4.69) is 10.9 Å². The van der Waals surface area contributed by atoms with E-state index >= 15 is 0 Å². The maximum atomic E-state index is 12.3. The molecule has 1 fully saturated rings. The number of hydrogen-bond acceptors (Lipinski definition) is 5. The normalized spacial score (nSPS) is 14.3. The van der Waals surface area contributed by atoms with Crippen molar-refractivity contribution in [1.29, 1.82) is 0 Å². The summed E-state index contributed by atoms with van der Waals surface area (Å²) in [4.78, 5) is 24.3. The number of rotatable bonds is 8. The predicted octanol–water partition coefficient (Wildman–Crippen LogP) is 3.22. The van der Waals surface area contributed by atoms with Gasteiger partial charge in [-0.1, -0.05) is 32.1 Å². The molecule has 27 heavy (non-hydrogen) atoms. The number of nitrogens with one attached hydrogen (secondary N) is 2. The summed E-state index contributed by atoms with van der Waals surface area (Å²) in [5.41, 5.74) is 5.21. The van der Waals surface area contributed by atoms with Crippen molar-refractivity contribution in [3.05, 3.63) is 17.7 Å². The summed E-state index contributed by atoms with van der Waals surface area (Å²) < 4.78 is 15.7. The summed E-state index contributed by atoms with van der Waals surface area (Å²) in [5, 5.41) is 0. The van der Waals surface area contributed by atoms with Gasteiger partial charge < -0.3 is 14.2 Å². The van der Waals surface area contributed by atoms with Crippen LogP contribution in [0.1, 0.15) is 61.7 Å². The van der Waals surface area contributed by atoms with Crippen LogP contribution < -0.4 is 25.1 Å². The van der Waals surface area contributed by atoms with E-state index in [1.165, 1.54) is 65.6 Å². The highest BCUT2D eigenvalue weighted by atomic mass is 16.5. The number of methoxy groups -OCH3 is 3. The smallest absolute Gasteiger partial charge is 0.269 e. The Kier molecular flexibility index (Phi) is 8.23. The van der Waals surface area contributed by atoms with E-state index in [4.69, 9.17) is 14.2 Å².